The molecular formula is C18H15F2N5O. The zero-order valence-electron chi connectivity index (χ0n) is 13.6. The molecule has 0 spiro atoms. The van der Waals surface area contributed by atoms with E-state index in [-0.39, 0.29) is 23.7 Å². The van der Waals surface area contributed by atoms with Crippen LogP contribution in [0, 0.1) is 11.6 Å². The Labute approximate surface area is 147 Å². The van der Waals surface area contributed by atoms with Crippen molar-refractivity contribution in [1.29, 1.82) is 0 Å². The SMILES string of the molecule is O=C(NC1CC(c2ccc(F)cc2F)C1)c1nccc(-n2ccnc2)n1. The van der Waals surface area contributed by atoms with E-state index in [1.807, 2.05) is 0 Å². The smallest absolute Gasteiger partial charge is 0.289 e. The molecule has 1 fully saturated rings. The van der Waals surface area contributed by atoms with Crippen LogP contribution in [-0.2, 0) is 0 Å². The normalized spacial score (nSPS) is 19.0. The van der Waals surface area contributed by atoms with E-state index in [1.54, 1.807) is 29.4 Å². The van der Waals surface area contributed by atoms with Crippen molar-refractivity contribution in [2.45, 2.75) is 24.8 Å². The molecule has 0 atom stereocenters. The molecule has 8 heteroatoms. The van der Waals surface area contributed by atoms with Gasteiger partial charge in [0.25, 0.3) is 5.91 Å². The van der Waals surface area contributed by atoms with Crippen molar-refractivity contribution < 1.29 is 13.6 Å². The van der Waals surface area contributed by atoms with Crippen LogP contribution in [0.4, 0.5) is 8.78 Å². The summed E-state index contributed by atoms with van der Waals surface area (Å²) in [5, 5.41) is 2.85. The highest BCUT2D eigenvalue weighted by Gasteiger charge is 2.33. The van der Waals surface area contributed by atoms with Crippen molar-refractivity contribution in [2.24, 2.45) is 0 Å². The molecule has 2 aromatic heterocycles. The molecular weight excluding hydrogens is 340 g/mol. The first-order valence-electron chi connectivity index (χ1n) is 8.17. The quantitative estimate of drug-likeness (QED) is 0.781. The molecule has 1 aromatic carbocycles. The van der Waals surface area contributed by atoms with Gasteiger partial charge < -0.3 is 5.32 Å². The Morgan fingerprint density at radius 3 is 2.77 bits per heavy atom. The third-order valence-electron chi connectivity index (χ3n) is 4.49. The summed E-state index contributed by atoms with van der Waals surface area (Å²) in [7, 11) is 0. The molecule has 3 aromatic rings. The first kappa shape index (κ1) is 16.3. The lowest BCUT2D eigenvalue weighted by molar-refractivity contribution is 0.0897. The number of amides is 1. The Bertz CT molecular complexity index is 939. The molecule has 6 nitrogen and oxygen atoms in total. The van der Waals surface area contributed by atoms with Gasteiger partial charge in [-0.25, -0.2) is 23.7 Å². The number of rotatable bonds is 4. The third kappa shape index (κ3) is 3.17. The summed E-state index contributed by atoms with van der Waals surface area (Å²) in [6.07, 6.45) is 7.61. The van der Waals surface area contributed by atoms with Crippen molar-refractivity contribution in [3.05, 3.63) is 72.2 Å². The van der Waals surface area contributed by atoms with Gasteiger partial charge in [0.2, 0.25) is 5.82 Å². The molecule has 1 amide bonds. The predicted octanol–water partition coefficient (Wildman–Crippen LogP) is 2.62. The first-order chi connectivity index (χ1) is 12.6. The van der Waals surface area contributed by atoms with Gasteiger partial charge in [-0.1, -0.05) is 6.07 Å². The number of benzene rings is 1. The number of aromatic nitrogens is 4. The van der Waals surface area contributed by atoms with Crippen molar-refractivity contribution in [1.82, 2.24) is 24.8 Å². The van der Waals surface area contributed by atoms with Gasteiger partial charge in [-0.3, -0.25) is 9.36 Å². The van der Waals surface area contributed by atoms with Crippen LogP contribution in [0.3, 0.4) is 0 Å². The number of imidazole rings is 1. The molecule has 0 saturated heterocycles. The molecule has 1 saturated carbocycles. The number of hydrogen-bond donors (Lipinski definition) is 1. The van der Waals surface area contributed by atoms with Gasteiger partial charge in [0.05, 0.1) is 0 Å². The van der Waals surface area contributed by atoms with Crippen LogP contribution in [-0.4, -0.2) is 31.5 Å². The van der Waals surface area contributed by atoms with Gasteiger partial charge in [0, 0.05) is 30.7 Å². The van der Waals surface area contributed by atoms with Crippen LogP contribution < -0.4 is 5.32 Å². The highest BCUT2D eigenvalue weighted by Crippen LogP contribution is 2.38. The van der Waals surface area contributed by atoms with Crippen LogP contribution in [0.25, 0.3) is 5.82 Å². The summed E-state index contributed by atoms with van der Waals surface area (Å²) in [6.45, 7) is 0. The van der Waals surface area contributed by atoms with E-state index in [1.165, 1.54) is 18.3 Å². The fourth-order valence-corrected chi connectivity index (χ4v) is 3.07. The molecule has 0 aliphatic heterocycles. The molecule has 0 radical (unpaired) electrons. The maximum absolute atomic E-state index is 13.8. The molecule has 2 heterocycles. The summed E-state index contributed by atoms with van der Waals surface area (Å²) >= 11 is 0. The van der Waals surface area contributed by atoms with Gasteiger partial charge in [0.15, 0.2) is 0 Å². The topological polar surface area (TPSA) is 72.7 Å². The number of halogens is 2. The fraction of sp³-hybridized carbons (Fsp3) is 0.222. The molecule has 1 N–H and O–H groups in total. The Morgan fingerprint density at radius 1 is 1.19 bits per heavy atom. The van der Waals surface area contributed by atoms with Gasteiger partial charge in [0.1, 0.15) is 23.8 Å². The largest absolute Gasteiger partial charge is 0.347 e. The van der Waals surface area contributed by atoms with Crippen LogP contribution in [0.2, 0.25) is 0 Å². The Balaban J connectivity index is 1.39. The van der Waals surface area contributed by atoms with E-state index >= 15 is 0 Å². The monoisotopic (exact) mass is 355 g/mol. The van der Waals surface area contributed by atoms with E-state index in [0.29, 0.717) is 24.2 Å². The summed E-state index contributed by atoms with van der Waals surface area (Å²) in [5.74, 6) is -0.939. The minimum Gasteiger partial charge on any atom is -0.347 e. The average molecular weight is 355 g/mol. The highest BCUT2D eigenvalue weighted by molar-refractivity contribution is 5.90. The first-order valence-corrected chi connectivity index (χ1v) is 8.17. The number of hydrogen-bond acceptors (Lipinski definition) is 4. The lowest BCUT2D eigenvalue weighted by Gasteiger charge is -2.36. The standard InChI is InChI=1S/C18H15F2N5O/c19-12-1-2-14(15(20)9-12)11-7-13(8-11)23-18(26)17-22-4-3-16(24-17)25-6-5-21-10-25/h1-6,9-11,13H,7-8H2,(H,23,26). The average Bonchev–Trinajstić information content (AvgIpc) is 3.13. The zero-order chi connectivity index (χ0) is 18.1. The fourth-order valence-electron chi connectivity index (χ4n) is 3.07. The maximum atomic E-state index is 13.8. The van der Waals surface area contributed by atoms with E-state index in [9.17, 15) is 13.6 Å². The molecule has 26 heavy (non-hydrogen) atoms. The molecule has 0 unspecified atom stereocenters. The zero-order valence-corrected chi connectivity index (χ0v) is 13.6. The van der Waals surface area contributed by atoms with E-state index in [2.05, 4.69) is 20.3 Å². The Kier molecular flexibility index (Phi) is 4.16. The van der Waals surface area contributed by atoms with Gasteiger partial charge in [-0.15, -0.1) is 0 Å². The van der Waals surface area contributed by atoms with Crippen LogP contribution in [0.15, 0.2) is 49.2 Å². The predicted molar refractivity (Wildman–Crippen MR) is 88.7 cm³/mol. The lowest BCUT2D eigenvalue weighted by atomic mass is 9.75. The maximum Gasteiger partial charge on any atom is 0.289 e. The lowest BCUT2D eigenvalue weighted by Crippen LogP contribution is -2.44. The van der Waals surface area contributed by atoms with Crippen molar-refractivity contribution in [3.8, 4) is 5.82 Å². The van der Waals surface area contributed by atoms with E-state index in [0.717, 1.165) is 6.07 Å². The Morgan fingerprint density at radius 2 is 2.04 bits per heavy atom. The number of nitrogens with zero attached hydrogens (tertiary/aromatic N) is 4. The summed E-state index contributed by atoms with van der Waals surface area (Å²) in [6, 6.07) is 5.19. The summed E-state index contributed by atoms with van der Waals surface area (Å²) in [5.41, 5.74) is 0.482. The third-order valence-corrected chi connectivity index (χ3v) is 4.49. The minimum absolute atomic E-state index is 0.0286. The van der Waals surface area contributed by atoms with Crippen LogP contribution in [0.5, 0.6) is 0 Å². The van der Waals surface area contributed by atoms with Gasteiger partial charge >= 0.3 is 0 Å². The molecule has 1 aliphatic carbocycles. The second-order valence-electron chi connectivity index (χ2n) is 6.21. The second-order valence-corrected chi connectivity index (χ2v) is 6.21. The van der Waals surface area contributed by atoms with Crippen molar-refractivity contribution in [2.75, 3.05) is 0 Å². The van der Waals surface area contributed by atoms with Crippen LogP contribution in [0.1, 0.15) is 34.9 Å². The molecule has 1 aliphatic rings. The molecule has 0 bridgehead atoms. The minimum atomic E-state index is -0.592. The Hall–Kier alpha value is -3.16. The summed E-state index contributed by atoms with van der Waals surface area (Å²) < 4.78 is 28.5. The molecule has 4 rings (SSSR count). The second kappa shape index (κ2) is 6.62. The number of carbonyl (C=O) groups is 1. The highest BCUT2D eigenvalue weighted by atomic mass is 19.1. The molecule has 132 valence electrons. The van der Waals surface area contributed by atoms with Gasteiger partial charge in [-0.2, -0.15) is 0 Å². The van der Waals surface area contributed by atoms with Crippen molar-refractivity contribution in [3.63, 3.8) is 0 Å². The van der Waals surface area contributed by atoms with Crippen LogP contribution >= 0.6 is 0 Å². The number of carbonyl (C=O) groups excluding carboxylic acids is 1. The van der Waals surface area contributed by atoms with Crippen molar-refractivity contribution >= 4 is 5.91 Å². The van der Waals surface area contributed by atoms with E-state index < -0.39 is 11.6 Å². The number of nitrogens with one attached hydrogen (secondary N) is 1. The van der Waals surface area contributed by atoms with Gasteiger partial charge in [-0.05, 0) is 36.5 Å². The van der Waals surface area contributed by atoms with E-state index in [4.69, 9.17) is 0 Å². The summed E-state index contributed by atoms with van der Waals surface area (Å²) in [4.78, 5) is 24.5.